The summed E-state index contributed by atoms with van der Waals surface area (Å²) < 4.78 is 72.9. The molecule has 3 aliphatic rings. The Balaban J connectivity index is 0.00000461. The highest BCUT2D eigenvalue weighted by Gasteiger charge is 2.49. The highest BCUT2D eigenvalue weighted by Crippen LogP contribution is 2.48. The predicted molar refractivity (Wildman–Crippen MR) is 146 cm³/mol. The molecule has 1 aliphatic heterocycles. The molecule has 1 saturated heterocycles. The Labute approximate surface area is 256 Å². The quantitative estimate of drug-likeness (QED) is 0.271. The Morgan fingerprint density at radius 1 is 1.19 bits per heavy atom. The Hall–Kier alpha value is -1.15. The first-order valence-corrected chi connectivity index (χ1v) is 13.6. The van der Waals surface area contributed by atoms with Crippen molar-refractivity contribution in [3.05, 3.63) is 70.1 Å². The highest BCUT2D eigenvalue weighted by atomic mass is 127. The van der Waals surface area contributed by atoms with Crippen LogP contribution in [0.2, 0.25) is 5.02 Å². The molecule has 6 heteroatoms. The summed E-state index contributed by atoms with van der Waals surface area (Å²) in [7, 11) is 0. The number of nitrogens with zero attached hydrogens (tertiary/aromatic N) is 2. The normalized spacial score (nSPS) is 31.2. The number of ether oxygens (including phenoxy) is 1. The second-order valence-corrected chi connectivity index (χ2v) is 11.9. The van der Waals surface area contributed by atoms with E-state index in [-0.39, 0.29) is 83.5 Å². The first-order valence-electron chi connectivity index (χ1n) is 17.2. The average molecular weight is 645 g/mol. The molecule has 0 spiro atoms. The molecule has 4 nitrogen and oxygen atoms in total. The van der Waals surface area contributed by atoms with Crippen LogP contribution >= 0.6 is 11.6 Å². The molecule has 1 heterocycles. The minimum Gasteiger partial charge on any atom is -1.00 e. The van der Waals surface area contributed by atoms with E-state index in [0.717, 1.165) is 36.8 Å². The third-order valence-electron chi connectivity index (χ3n) is 8.69. The predicted octanol–water partition coefficient (Wildman–Crippen LogP) is 3.93. The number of rotatable bonds is 6. The van der Waals surface area contributed by atoms with Crippen LogP contribution in [0.5, 0.6) is 0 Å². The standard InChI is InChI=1S/C31H42ClN2O2.HI/c1-31(2)21-33(16-17-34(31,3)22-36-30(35)18-23-10-6-4-7-11-23)29-20-27(24-12-8-5-9-13-24)26-15-14-25(32)19-28(26)29;/h5,8-9,12-15,19,23,27,29H,4,6-7,10-11,16-18,20-22H2,1-3H3;1H/q+1;/p-1/t27-,29+,34+;/m0./s1/i3D3,5D,8D,9D,12D,13D;. The van der Waals surface area contributed by atoms with Gasteiger partial charge in [-0.25, -0.2) is 0 Å². The van der Waals surface area contributed by atoms with E-state index in [2.05, 4.69) is 4.90 Å². The van der Waals surface area contributed by atoms with Gasteiger partial charge in [-0.05, 0) is 67.9 Å². The summed E-state index contributed by atoms with van der Waals surface area (Å²) in [6.07, 6.45) is 6.22. The van der Waals surface area contributed by atoms with E-state index < -0.39 is 24.5 Å². The van der Waals surface area contributed by atoms with E-state index in [1.54, 1.807) is 6.07 Å². The molecule has 2 aromatic carbocycles. The van der Waals surface area contributed by atoms with E-state index >= 15 is 0 Å². The number of carbonyl (C=O) groups excluding carboxylic acids is 1. The number of halogens is 2. The molecule has 2 aliphatic carbocycles. The van der Waals surface area contributed by atoms with Crippen molar-refractivity contribution in [2.24, 2.45) is 5.92 Å². The van der Waals surface area contributed by atoms with Gasteiger partial charge in [0.25, 0.3) is 0 Å². The van der Waals surface area contributed by atoms with Crippen LogP contribution in [-0.2, 0) is 9.53 Å². The fraction of sp³-hybridized carbons (Fsp3) is 0.581. The first kappa shape index (κ1) is 19.8. The molecule has 3 atom stereocenters. The van der Waals surface area contributed by atoms with Crippen molar-refractivity contribution in [1.82, 2.24) is 4.90 Å². The fourth-order valence-electron chi connectivity index (χ4n) is 6.37. The van der Waals surface area contributed by atoms with E-state index in [1.807, 2.05) is 26.0 Å². The van der Waals surface area contributed by atoms with Crippen molar-refractivity contribution in [1.29, 1.82) is 0 Å². The third-order valence-corrected chi connectivity index (χ3v) is 8.93. The number of esters is 1. The lowest BCUT2D eigenvalue weighted by Crippen LogP contribution is -3.00. The van der Waals surface area contributed by atoms with Crippen LogP contribution in [0.3, 0.4) is 0 Å². The Bertz CT molecular complexity index is 1410. The molecule has 2 fully saturated rings. The van der Waals surface area contributed by atoms with Crippen molar-refractivity contribution < 1.29 is 49.0 Å². The van der Waals surface area contributed by atoms with Gasteiger partial charge >= 0.3 is 5.97 Å². The van der Waals surface area contributed by atoms with Crippen LogP contribution < -0.4 is 24.0 Å². The maximum absolute atomic E-state index is 12.9. The third kappa shape index (κ3) is 6.21. The van der Waals surface area contributed by atoms with Crippen LogP contribution in [0.15, 0.2) is 48.4 Å². The molecule has 37 heavy (non-hydrogen) atoms. The summed E-state index contributed by atoms with van der Waals surface area (Å²) in [5.41, 5.74) is 1.20. The molecule has 0 N–H and O–H groups in total. The maximum atomic E-state index is 12.9. The molecule has 0 aromatic heterocycles. The van der Waals surface area contributed by atoms with Gasteiger partial charge < -0.3 is 28.7 Å². The maximum Gasteiger partial charge on any atom is 0.310 e. The second kappa shape index (κ2) is 11.9. The van der Waals surface area contributed by atoms with Gasteiger partial charge in [0.1, 0.15) is 5.54 Å². The molecule has 1 saturated carbocycles. The summed E-state index contributed by atoms with van der Waals surface area (Å²) in [5, 5.41) is 0.532. The topological polar surface area (TPSA) is 29.5 Å². The van der Waals surface area contributed by atoms with Gasteiger partial charge in [0.15, 0.2) is 0 Å². The lowest BCUT2D eigenvalue weighted by molar-refractivity contribution is -0.974. The van der Waals surface area contributed by atoms with Gasteiger partial charge in [0.05, 0.1) is 31.0 Å². The van der Waals surface area contributed by atoms with Crippen LogP contribution in [0, 0.1) is 5.92 Å². The summed E-state index contributed by atoms with van der Waals surface area (Å²) in [6.45, 7) is 2.18. The van der Waals surface area contributed by atoms with Crippen molar-refractivity contribution in [2.75, 3.05) is 33.3 Å². The molecule has 5 rings (SSSR count). The molecule has 0 bridgehead atoms. The minimum absolute atomic E-state index is 0. The largest absolute Gasteiger partial charge is 1.00 e. The number of likely N-dealkylation sites (N-methyl/N-ethyl adjacent to an activating group) is 1. The lowest BCUT2D eigenvalue weighted by atomic mass is 9.87. The van der Waals surface area contributed by atoms with Gasteiger partial charge in [-0.3, -0.25) is 14.2 Å². The molecular formula is C31H42ClIN2O2. The molecule has 0 radical (unpaired) electrons. The smallest absolute Gasteiger partial charge is 0.310 e. The van der Waals surface area contributed by atoms with Gasteiger partial charge in [0, 0.05) is 29.9 Å². The van der Waals surface area contributed by atoms with Crippen molar-refractivity contribution in [3.63, 3.8) is 0 Å². The van der Waals surface area contributed by atoms with Gasteiger partial charge in [0.2, 0.25) is 6.73 Å². The summed E-state index contributed by atoms with van der Waals surface area (Å²) in [5.74, 6) is -0.487. The van der Waals surface area contributed by atoms with Crippen LogP contribution in [0.1, 0.15) is 98.4 Å². The van der Waals surface area contributed by atoms with E-state index in [0.29, 0.717) is 36.9 Å². The minimum atomic E-state index is -2.42. The summed E-state index contributed by atoms with van der Waals surface area (Å²) in [4.78, 5) is 15.1. The number of hydrogen-bond acceptors (Lipinski definition) is 3. The number of hydrogen-bond donors (Lipinski definition) is 0. The molecular weight excluding hydrogens is 595 g/mol. The number of piperazine rings is 1. The fourth-order valence-corrected chi connectivity index (χ4v) is 6.55. The SMILES string of the molecule is [2H]c1c([2H])c([2H])c([C@@H]2C[C@@H](N3CC[N@@+](COC(=O)CC4CCCCC4)(C([2H])([2H])[2H])C(C)(C)C3)c3cc(Cl)ccc32)c([2H])c1[2H].[I-]. The van der Waals surface area contributed by atoms with Crippen molar-refractivity contribution >= 4 is 17.6 Å². The summed E-state index contributed by atoms with van der Waals surface area (Å²) >= 11 is 6.45. The van der Waals surface area contributed by atoms with E-state index in [9.17, 15) is 4.79 Å². The molecule has 202 valence electrons. The monoisotopic (exact) mass is 644 g/mol. The van der Waals surface area contributed by atoms with Crippen LogP contribution in [0.25, 0.3) is 0 Å². The molecule has 2 aromatic rings. The second-order valence-electron chi connectivity index (χ2n) is 11.4. The Kier molecular flexibility index (Phi) is 6.40. The number of fused-ring (bicyclic) bond motifs is 1. The van der Waals surface area contributed by atoms with Gasteiger partial charge in [-0.1, -0.05) is 67.1 Å². The molecule has 0 unspecified atom stereocenters. The van der Waals surface area contributed by atoms with Crippen LogP contribution in [-0.4, -0.2) is 54.2 Å². The van der Waals surface area contributed by atoms with Crippen LogP contribution in [0.4, 0.5) is 0 Å². The lowest BCUT2D eigenvalue weighted by Gasteiger charge is -2.53. The zero-order valence-corrected chi connectivity index (χ0v) is 24.6. The first-order chi connectivity index (χ1) is 20.6. The number of benzene rings is 2. The molecule has 0 amide bonds. The number of carbonyl (C=O) groups is 1. The summed E-state index contributed by atoms with van der Waals surface area (Å²) in [6, 6.07) is 3.70. The zero-order chi connectivity index (χ0) is 32.2. The van der Waals surface area contributed by atoms with E-state index in [4.69, 9.17) is 27.3 Å². The van der Waals surface area contributed by atoms with Crippen molar-refractivity contribution in [2.45, 2.75) is 76.3 Å². The highest BCUT2D eigenvalue weighted by molar-refractivity contribution is 6.30. The zero-order valence-electron chi connectivity index (χ0n) is 29.7. The average Bonchev–Trinajstić information content (AvgIpc) is 3.32. The van der Waals surface area contributed by atoms with E-state index in [1.165, 1.54) is 6.42 Å². The van der Waals surface area contributed by atoms with Gasteiger partial charge in [-0.2, -0.15) is 0 Å². The number of quaternary nitrogens is 1. The Morgan fingerprint density at radius 3 is 2.65 bits per heavy atom. The van der Waals surface area contributed by atoms with Crippen molar-refractivity contribution in [3.8, 4) is 0 Å². The van der Waals surface area contributed by atoms with Gasteiger partial charge in [-0.15, -0.1) is 0 Å². The Morgan fingerprint density at radius 2 is 1.95 bits per heavy atom.